The molecule has 3 nitrogen and oxygen atoms in total. The average molecular weight is 261 g/mol. The van der Waals surface area contributed by atoms with Crippen LogP contribution in [0.25, 0.3) is 0 Å². The van der Waals surface area contributed by atoms with E-state index in [1.165, 1.54) is 20.3 Å². The standard InChI is InChI=1S/C12H14ClFO3/c1-16-8-5-7(6-12(15)3-4-12)10(14)9(13)11(8)17-2/h5,15H,3-4,6H2,1-2H3. The number of methoxy groups -OCH3 is 2. The molecule has 0 heterocycles. The zero-order chi connectivity index (χ0) is 12.6. The molecule has 1 saturated carbocycles. The van der Waals surface area contributed by atoms with Gasteiger partial charge < -0.3 is 14.6 Å². The lowest BCUT2D eigenvalue weighted by Gasteiger charge is -2.15. The van der Waals surface area contributed by atoms with Crippen LogP contribution < -0.4 is 9.47 Å². The molecule has 0 saturated heterocycles. The molecule has 0 atom stereocenters. The SMILES string of the molecule is COc1cc(CC2(O)CC2)c(F)c(Cl)c1OC. The molecular weight excluding hydrogens is 247 g/mol. The van der Waals surface area contributed by atoms with Gasteiger partial charge >= 0.3 is 0 Å². The largest absolute Gasteiger partial charge is 0.493 e. The van der Waals surface area contributed by atoms with Crippen LogP contribution in [0, 0.1) is 5.82 Å². The third-order valence-electron chi connectivity index (χ3n) is 2.97. The summed E-state index contributed by atoms with van der Waals surface area (Å²) in [7, 11) is 2.86. The predicted octanol–water partition coefficient (Wildman–Crippen LogP) is 2.56. The monoisotopic (exact) mass is 260 g/mol. The Hall–Kier alpha value is -1.00. The van der Waals surface area contributed by atoms with Gasteiger partial charge in [0.15, 0.2) is 11.5 Å². The van der Waals surface area contributed by atoms with Crippen LogP contribution in [0.2, 0.25) is 5.02 Å². The van der Waals surface area contributed by atoms with Crippen molar-refractivity contribution in [2.24, 2.45) is 0 Å². The molecule has 0 radical (unpaired) electrons. The Morgan fingerprint density at radius 3 is 2.53 bits per heavy atom. The summed E-state index contributed by atoms with van der Waals surface area (Å²) in [6, 6.07) is 1.52. The molecule has 1 aromatic rings. The third kappa shape index (κ3) is 2.33. The topological polar surface area (TPSA) is 38.7 Å². The Labute approximate surface area is 104 Å². The minimum absolute atomic E-state index is 0.105. The second-order valence-electron chi connectivity index (χ2n) is 4.30. The molecule has 0 spiro atoms. The van der Waals surface area contributed by atoms with Crippen LogP contribution in [-0.4, -0.2) is 24.9 Å². The third-order valence-corrected chi connectivity index (χ3v) is 3.31. The highest BCUT2D eigenvalue weighted by molar-refractivity contribution is 6.32. The normalized spacial score (nSPS) is 16.8. The lowest BCUT2D eigenvalue weighted by atomic mass is 10.0. The maximum absolute atomic E-state index is 13.9. The van der Waals surface area contributed by atoms with Crippen molar-refractivity contribution in [3.05, 3.63) is 22.5 Å². The lowest BCUT2D eigenvalue weighted by molar-refractivity contribution is 0.149. The summed E-state index contributed by atoms with van der Waals surface area (Å²) in [5.74, 6) is 0.000921. The van der Waals surface area contributed by atoms with E-state index in [1.807, 2.05) is 0 Å². The minimum Gasteiger partial charge on any atom is -0.493 e. The highest BCUT2D eigenvalue weighted by Gasteiger charge is 2.41. The molecular formula is C12H14ClFO3. The Balaban J connectivity index is 2.42. The van der Waals surface area contributed by atoms with Crippen molar-refractivity contribution in [2.45, 2.75) is 24.9 Å². The number of rotatable bonds is 4. The summed E-state index contributed by atoms with van der Waals surface area (Å²) >= 11 is 5.87. The molecule has 1 aromatic carbocycles. The summed E-state index contributed by atoms with van der Waals surface area (Å²) in [6.07, 6.45) is 1.63. The zero-order valence-corrected chi connectivity index (χ0v) is 10.5. The van der Waals surface area contributed by atoms with Crippen molar-refractivity contribution in [3.8, 4) is 11.5 Å². The molecule has 0 bridgehead atoms. The second-order valence-corrected chi connectivity index (χ2v) is 4.68. The first-order valence-corrected chi connectivity index (χ1v) is 5.70. The fourth-order valence-electron chi connectivity index (χ4n) is 1.78. The number of hydrogen-bond donors (Lipinski definition) is 1. The van der Waals surface area contributed by atoms with E-state index in [2.05, 4.69) is 0 Å². The molecule has 94 valence electrons. The molecule has 0 aromatic heterocycles. The maximum atomic E-state index is 13.9. The van der Waals surface area contributed by atoms with Gasteiger partial charge in [0.05, 0.1) is 19.8 Å². The molecule has 2 rings (SSSR count). The van der Waals surface area contributed by atoms with Gasteiger partial charge in [-0.15, -0.1) is 0 Å². The zero-order valence-electron chi connectivity index (χ0n) is 9.72. The van der Waals surface area contributed by atoms with Crippen LogP contribution in [-0.2, 0) is 6.42 Å². The highest BCUT2D eigenvalue weighted by atomic mass is 35.5. The van der Waals surface area contributed by atoms with E-state index in [-0.39, 0.29) is 17.2 Å². The first-order valence-electron chi connectivity index (χ1n) is 5.32. The number of benzene rings is 1. The van der Waals surface area contributed by atoms with E-state index in [0.717, 1.165) is 0 Å². The van der Waals surface area contributed by atoms with E-state index in [0.29, 0.717) is 24.2 Å². The highest BCUT2D eigenvalue weighted by Crippen LogP contribution is 2.43. The number of halogens is 2. The van der Waals surface area contributed by atoms with Gasteiger partial charge in [-0.25, -0.2) is 4.39 Å². The molecule has 1 aliphatic carbocycles. The maximum Gasteiger partial charge on any atom is 0.182 e. The van der Waals surface area contributed by atoms with Gasteiger partial charge in [-0.1, -0.05) is 11.6 Å². The van der Waals surface area contributed by atoms with Crippen LogP contribution in [0.1, 0.15) is 18.4 Å². The molecule has 17 heavy (non-hydrogen) atoms. The van der Waals surface area contributed by atoms with Gasteiger partial charge in [-0.2, -0.15) is 0 Å². The van der Waals surface area contributed by atoms with Crippen LogP contribution in [0.5, 0.6) is 11.5 Å². The summed E-state index contributed by atoms with van der Waals surface area (Å²) in [6.45, 7) is 0. The van der Waals surface area contributed by atoms with Crippen LogP contribution >= 0.6 is 11.6 Å². The fraction of sp³-hybridized carbons (Fsp3) is 0.500. The van der Waals surface area contributed by atoms with E-state index >= 15 is 0 Å². The van der Waals surface area contributed by atoms with Gasteiger partial charge in [-0.05, 0) is 24.5 Å². The van der Waals surface area contributed by atoms with Gasteiger partial charge in [-0.3, -0.25) is 0 Å². The van der Waals surface area contributed by atoms with Gasteiger partial charge in [0.1, 0.15) is 10.8 Å². The Kier molecular flexibility index (Phi) is 3.19. The molecule has 0 amide bonds. The second kappa shape index (κ2) is 4.35. The Bertz CT molecular complexity index is 444. The Morgan fingerprint density at radius 1 is 1.41 bits per heavy atom. The number of ether oxygens (including phenoxy) is 2. The quantitative estimate of drug-likeness (QED) is 0.904. The van der Waals surface area contributed by atoms with Gasteiger partial charge in [0.25, 0.3) is 0 Å². The fourth-order valence-corrected chi connectivity index (χ4v) is 2.07. The first-order chi connectivity index (χ1) is 8.00. The van der Waals surface area contributed by atoms with Crippen molar-refractivity contribution in [2.75, 3.05) is 14.2 Å². The Morgan fingerprint density at radius 2 is 2.06 bits per heavy atom. The summed E-state index contributed by atoms with van der Waals surface area (Å²) in [5.41, 5.74) is -0.420. The van der Waals surface area contributed by atoms with Crippen LogP contribution in [0.4, 0.5) is 4.39 Å². The number of aliphatic hydroxyl groups is 1. The predicted molar refractivity (Wildman–Crippen MR) is 62.4 cm³/mol. The average Bonchev–Trinajstić information content (AvgIpc) is 3.02. The van der Waals surface area contributed by atoms with Crippen LogP contribution in [0.15, 0.2) is 6.07 Å². The molecule has 1 N–H and O–H groups in total. The summed E-state index contributed by atoms with van der Waals surface area (Å²) in [4.78, 5) is 0. The lowest BCUT2D eigenvalue weighted by Crippen LogP contribution is -2.12. The summed E-state index contributed by atoms with van der Waals surface area (Å²) < 4.78 is 24.0. The van der Waals surface area contributed by atoms with Gasteiger partial charge in [0.2, 0.25) is 0 Å². The van der Waals surface area contributed by atoms with Crippen molar-refractivity contribution < 1.29 is 19.0 Å². The van der Waals surface area contributed by atoms with Crippen molar-refractivity contribution in [1.82, 2.24) is 0 Å². The molecule has 1 fully saturated rings. The molecule has 0 aliphatic heterocycles. The van der Waals surface area contributed by atoms with E-state index in [9.17, 15) is 9.50 Å². The van der Waals surface area contributed by atoms with E-state index in [1.54, 1.807) is 0 Å². The first kappa shape index (κ1) is 12.5. The smallest absolute Gasteiger partial charge is 0.182 e. The van der Waals surface area contributed by atoms with Crippen molar-refractivity contribution in [1.29, 1.82) is 0 Å². The van der Waals surface area contributed by atoms with E-state index in [4.69, 9.17) is 21.1 Å². The van der Waals surface area contributed by atoms with Gasteiger partial charge in [0, 0.05) is 6.42 Å². The van der Waals surface area contributed by atoms with E-state index < -0.39 is 11.4 Å². The molecule has 1 aliphatic rings. The summed E-state index contributed by atoms with van der Waals surface area (Å²) in [5, 5.41) is 9.70. The van der Waals surface area contributed by atoms with Crippen LogP contribution in [0.3, 0.4) is 0 Å². The van der Waals surface area contributed by atoms with Crippen molar-refractivity contribution >= 4 is 11.6 Å². The van der Waals surface area contributed by atoms with Crippen molar-refractivity contribution in [3.63, 3.8) is 0 Å². The molecule has 0 unspecified atom stereocenters. The molecule has 5 heteroatoms. The minimum atomic E-state index is -0.774. The number of hydrogen-bond acceptors (Lipinski definition) is 3.